The lowest BCUT2D eigenvalue weighted by Crippen LogP contribution is -2.57. The molecule has 7 N–H and O–H groups in total. The normalized spacial score (nSPS) is 14.8. The number of amides is 3. The number of nitrogens with two attached hydrogens (primary N) is 1. The average molecular weight is 471 g/mol. The van der Waals surface area contributed by atoms with Gasteiger partial charge in [-0.25, -0.2) is 4.98 Å². The van der Waals surface area contributed by atoms with Gasteiger partial charge in [0.25, 0.3) is 0 Å². The molecule has 1 rings (SSSR count). The molecule has 1 heterocycles. The molecule has 11 nitrogen and oxygen atoms in total. The molecule has 4 atom stereocenters. The van der Waals surface area contributed by atoms with Gasteiger partial charge in [0.15, 0.2) is 0 Å². The van der Waals surface area contributed by atoms with Crippen molar-refractivity contribution in [1.29, 1.82) is 0 Å². The van der Waals surface area contributed by atoms with E-state index in [1.165, 1.54) is 31.2 Å². The Morgan fingerprint density at radius 1 is 1.09 bits per heavy atom. The quantitative estimate of drug-likeness (QED) is 0.213. The number of aliphatic carboxylic acids is 1. The molecular weight excluding hydrogens is 436 g/mol. The van der Waals surface area contributed by atoms with Gasteiger partial charge in [0.1, 0.15) is 18.1 Å². The van der Waals surface area contributed by atoms with Gasteiger partial charge in [0.05, 0.1) is 12.4 Å². The predicted octanol–water partition coefficient (Wildman–Crippen LogP) is -0.362. The number of rotatable bonds is 14. The van der Waals surface area contributed by atoms with E-state index in [1.807, 2.05) is 20.1 Å². The number of hydrogen-bond donors (Lipinski definition) is 6. The minimum atomic E-state index is -1.20. The topological polar surface area (TPSA) is 179 Å². The maximum absolute atomic E-state index is 13.0. The van der Waals surface area contributed by atoms with Crippen molar-refractivity contribution in [2.45, 2.75) is 64.2 Å². The molecule has 0 radical (unpaired) electrons. The van der Waals surface area contributed by atoms with Crippen LogP contribution < -0.4 is 21.7 Å². The molecule has 0 saturated heterocycles. The SMILES string of the molecule is CSCCC(NC(=O)C(N)CC(C)C)C(=O)NC(Cc1cnc[nH]1)C(=O)NC(C)C(=O)O. The van der Waals surface area contributed by atoms with Crippen molar-refractivity contribution in [1.82, 2.24) is 25.9 Å². The first-order chi connectivity index (χ1) is 15.0. The summed E-state index contributed by atoms with van der Waals surface area (Å²) in [7, 11) is 0. The fourth-order valence-electron chi connectivity index (χ4n) is 2.87. The van der Waals surface area contributed by atoms with Crippen molar-refractivity contribution in [3.63, 3.8) is 0 Å². The van der Waals surface area contributed by atoms with Crippen molar-refractivity contribution in [2.24, 2.45) is 11.7 Å². The van der Waals surface area contributed by atoms with Crippen LogP contribution >= 0.6 is 11.8 Å². The molecule has 0 aliphatic heterocycles. The number of carbonyl (C=O) groups is 4. The molecule has 1 aromatic rings. The van der Waals surface area contributed by atoms with Gasteiger partial charge < -0.3 is 31.8 Å². The third-order valence-electron chi connectivity index (χ3n) is 4.65. The number of aromatic nitrogens is 2. The molecule has 12 heteroatoms. The van der Waals surface area contributed by atoms with E-state index in [-0.39, 0.29) is 12.3 Å². The van der Waals surface area contributed by atoms with Gasteiger partial charge in [-0.1, -0.05) is 13.8 Å². The van der Waals surface area contributed by atoms with Crippen LogP contribution in [-0.4, -0.2) is 74.9 Å². The molecule has 0 aliphatic rings. The van der Waals surface area contributed by atoms with Gasteiger partial charge in [-0.05, 0) is 37.7 Å². The molecule has 0 fully saturated rings. The van der Waals surface area contributed by atoms with Crippen LogP contribution in [0.3, 0.4) is 0 Å². The summed E-state index contributed by atoms with van der Waals surface area (Å²) in [5, 5.41) is 16.8. The first-order valence-corrected chi connectivity index (χ1v) is 11.8. The molecule has 1 aromatic heterocycles. The van der Waals surface area contributed by atoms with Crippen LogP contribution in [-0.2, 0) is 25.6 Å². The summed E-state index contributed by atoms with van der Waals surface area (Å²) in [5.74, 6) is -2.03. The van der Waals surface area contributed by atoms with Crippen molar-refractivity contribution >= 4 is 35.5 Å². The highest BCUT2D eigenvalue weighted by Gasteiger charge is 2.29. The summed E-state index contributed by atoms with van der Waals surface area (Å²) in [4.78, 5) is 56.0. The Bertz CT molecular complexity index is 758. The van der Waals surface area contributed by atoms with E-state index < -0.39 is 47.9 Å². The second-order valence-corrected chi connectivity index (χ2v) is 8.97. The Balaban J connectivity index is 2.95. The van der Waals surface area contributed by atoms with E-state index >= 15 is 0 Å². The van der Waals surface area contributed by atoms with Crippen LogP contribution in [0.5, 0.6) is 0 Å². The molecule has 0 bridgehead atoms. The Morgan fingerprint density at radius 2 is 1.72 bits per heavy atom. The predicted molar refractivity (Wildman–Crippen MR) is 122 cm³/mol. The second kappa shape index (κ2) is 13.7. The Morgan fingerprint density at radius 3 is 2.25 bits per heavy atom. The lowest BCUT2D eigenvalue weighted by atomic mass is 10.0. The zero-order chi connectivity index (χ0) is 24.3. The molecular formula is C20H34N6O5S. The zero-order valence-corrected chi connectivity index (χ0v) is 19.7. The number of imidazole rings is 1. The highest BCUT2D eigenvalue weighted by atomic mass is 32.2. The minimum Gasteiger partial charge on any atom is -0.480 e. The van der Waals surface area contributed by atoms with Crippen molar-refractivity contribution in [3.8, 4) is 0 Å². The van der Waals surface area contributed by atoms with Crippen LogP contribution in [0.15, 0.2) is 12.5 Å². The summed E-state index contributed by atoms with van der Waals surface area (Å²) in [5.41, 5.74) is 6.52. The first-order valence-electron chi connectivity index (χ1n) is 10.4. The summed E-state index contributed by atoms with van der Waals surface area (Å²) in [6.07, 6.45) is 5.70. The van der Waals surface area contributed by atoms with Crippen molar-refractivity contribution in [3.05, 3.63) is 18.2 Å². The van der Waals surface area contributed by atoms with Gasteiger partial charge in [0, 0.05) is 18.3 Å². The summed E-state index contributed by atoms with van der Waals surface area (Å²) >= 11 is 1.51. The number of carboxylic acids is 1. The Kier molecular flexibility index (Phi) is 11.8. The zero-order valence-electron chi connectivity index (χ0n) is 18.9. The maximum Gasteiger partial charge on any atom is 0.325 e. The number of nitrogens with one attached hydrogen (secondary N) is 4. The highest BCUT2D eigenvalue weighted by molar-refractivity contribution is 7.98. The number of nitrogens with zero attached hydrogens (tertiary/aromatic N) is 1. The van der Waals surface area contributed by atoms with Gasteiger partial charge >= 0.3 is 5.97 Å². The number of thioether (sulfide) groups is 1. The molecule has 0 spiro atoms. The van der Waals surface area contributed by atoms with E-state index in [0.717, 1.165) is 0 Å². The number of H-pyrrole nitrogens is 1. The van der Waals surface area contributed by atoms with E-state index in [1.54, 1.807) is 0 Å². The monoisotopic (exact) mass is 470 g/mol. The third kappa shape index (κ3) is 9.69. The number of aromatic amines is 1. The third-order valence-corrected chi connectivity index (χ3v) is 5.29. The average Bonchev–Trinajstić information content (AvgIpc) is 3.22. The van der Waals surface area contributed by atoms with E-state index in [9.17, 15) is 19.2 Å². The van der Waals surface area contributed by atoms with E-state index in [2.05, 4.69) is 25.9 Å². The molecule has 32 heavy (non-hydrogen) atoms. The van der Waals surface area contributed by atoms with Crippen LogP contribution in [0, 0.1) is 5.92 Å². The fourth-order valence-corrected chi connectivity index (χ4v) is 3.34. The van der Waals surface area contributed by atoms with Gasteiger partial charge in [-0.15, -0.1) is 0 Å². The minimum absolute atomic E-state index is 0.0694. The van der Waals surface area contributed by atoms with E-state index in [4.69, 9.17) is 10.8 Å². The van der Waals surface area contributed by atoms with Crippen molar-refractivity contribution < 1.29 is 24.3 Å². The molecule has 3 amide bonds. The lowest BCUT2D eigenvalue weighted by Gasteiger charge is -2.24. The van der Waals surface area contributed by atoms with Gasteiger partial charge in [-0.2, -0.15) is 11.8 Å². The number of carbonyl (C=O) groups excluding carboxylic acids is 3. The largest absolute Gasteiger partial charge is 0.480 e. The summed E-state index contributed by atoms with van der Waals surface area (Å²) in [6, 6.07) is -3.84. The van der Waals surface area contributed by atoms with Crippen LogP contribution in [0.2, 0.25) is 0 Å². The molecule has 0 aliphatic carbocycles. The van der Waals surface area contributed by atoms with E-state index in [0.29, 0.717) is 24.3 Å². The Labute approximate surface area is 192 Å². The summed E-state index contributed by atoms with van der Waals surface area (Å²) in [6.45, 7) is 5.22. The molecule has 4 unspecified atom stereocenters. The number of hydrogen-bond acceptors (Lipinski definition) is 7. The second-order valence-electron chi connectivity index (χ2n) is 7.99. The smallest absolute Gasteiger partial charge is 0.325 e. The standard InChI is InChI=1S/C20H34N6O5S/c1-11(2)7-14(21)17(27)25-15(5-6-32-4)18(28)26-16(8-13-9-22-10-23-13)19(29)24-12(3)20(30)31/h9-12,14-16H,5-8,21H2,1-4H3,(H,22,23)(H,24,29)(H,25,27)(H,26,28)(H,30,31). The van der Waals surface area contributed by atoms with Gasteiger partial charge in [-0.3, -0.25) is 19.2 Å². The van der Waals surface area contributed by atoms with Crippen molar-refractivity contribution in [2.75, 3.05) is 12.0 Å². The van der Waals surface area contributed by atoms with Crippen LogP contribution in [0.1, 0.15) is 39.3 Å². The number of carboxylic acid groups (broad SMARTS) is 1. The van der Waals surface area contributed by atoms with Crippen LogP contribution in [0.25, 0.3) is 0 Å². The molecule has 0 saturated carbocycles. The maximum atomic E-state index is 13.0. The fraction of sp³-hybridized carbons (Fsp3) is 0.650. The van der Waals surface area contributed by atoms with Gasteiger partial charge in [0.2, 0.25) is 17.7 Å². The summed E-state index contributed by atoms with van der Waals surface area (Å²) < 4.78 is 0. The lowest BCUT2D eigenvalue weighted by molar-refractivity contribution is -0.141. The molecule has 0 aromatic carbocycles. The first kappa shape index (κ1) is 27.4. The van der Waals surface area contributed by atoms with Crippen LogP contribution in [0.4, 0.5) is 0 Å². The highest BCUT2D eigenvalue weighted by Crippen LogP contribution is 2.07. The molecule has 180 valence electrons. The Hall–Kier alpha value is -2.60.